The van der Waals surface area contributed by atoms with E-state index in [1.54, 1.807) is 6.07 Å². The highest BCUT2D eigenvalue weighted by atomic mass is 35.5. The van der Waals surface area contributed by atoms with Crippen LogP contribution in [0.5, 0.6) is 0 Å². The maximum Gasteiger partial charge on any atom is 0.446 e. The van der Waals surface area contributed by atoms with Gasteiger partial charge < -0.3 is 11.1 Å². The number of carbonyl (C=O) groups excluding carboxylic acids is 1. The molecule has 0 spiro atoms. The second kappa shape index (κ2) is 7.50. The van der Waals surface area contributed by atoms with E-state index in [9.17, 15) is 18.0 Å². The Morgan fingerprint density at radius 1 is 1.33 bits per heavy atom. The Balaban J connectivity index is 0.00000289. The van der Waals surface area contributed by atoms with E-state index < -0.39 is 11.4 Å². The first-order valence-electron chi connectivity index (χ1n) is 4.77. The van der Waals surface area contributed by atoms with Crippen LogP contribution in [0.3, 0.4) is 0 Å². The molecule has 0 aliphatic rings. The Labute approximate surface area is 113 Å². The summed E-state index contributed by atoms with van der Waals surface area (Å²) in [7, 11) is 0. The zero-order valence-corrected chi connectivity index (χ0v) is 10.8. The van der Waals surface area contributed by atoms with Crippen molar-refractivity contribution in [2.24, 2.45) is 5.73 Å². The van der Waals surface area contributed by atoms with Crippen molar-refractivity contribution in [2.45, 2.75) is 16.8 Å². The van der Waals surface area contributed by atoms with Crippen molar-refractivity contribution in [1.82, 2.24) is 0 Å². The minimum atomic E-state index is -4.38. The zero-order chi connectivity index (χ0) is 12.9. The number of alkyl halides is 3. The molecular formula is C10H12ClF3N2OS. The van der Waals surface area contributed by atoms with Crippen molar-refractivity contribution in [3.05, 3.63) is 24.3 Å². The molecule has 0 unspecified atom stereocenters. The molecule has 1 aromatic carbocycles. The Kier molecular flexibility index (Phi) is 7.12. The molecule has 1 amide bonds. The Morgan fingerprint density at radius 2 is 1.94 bits per heavy atom. The molecule has 0 aliphatic carbocycles. The summed E-state index contributed by atoms with van der Waals surface area (Å²) in [6.07, 6.45) is 0.0744. The molecule has 3 nitrogen and oxygen atoms in total. The summed E-state index contributed by atoms with van der Waals surface area (Å²) in [6.45, 7) is 0.153. The third-order valence-corrected chi connectivity index (χ3v) is 2.57. The second-order valence-electron chi connectivity index (χ2n) is 3.13. The van der Waals surface area contributed by atoms with Crippen LogP contribution in [-0.4, -0.2) is 18.0 Å². The van der Waals surface area contributed by atoms with Crippen LogP contribution in [0.2, 0.25) is 0 Å². The maximum absolute atomic E-state index is 12.2. The number of hydrogen-bond acceptors (Lipinski definition) is 3. The van der Waals surface area contributed by atoms with Crippen molar-refractivity contribution in [2.75, 3.05) is 11.9 Å². The molecule has 0 heterocycles. The predicted molar refractivity (Wildman–Crippen MR) is 67.9 cm³/mol. The van der Waals surface area contributed by atoms with Crippen LogP contribution in [0.4, 0.5) is 18.9 Å². The quantitative estimate of drug-likeness (QED) is 0.841. The van der Waals surface area contributed by atoms with Gasteiger partial charge in [0.05, 0.1) is 5.69 Å². The SMILES string of the molecule is Cl.NCCC(=O)Nc1ccccc1SC(F)(F)F. The van der Waals surface area contributed by atoms with Crippen molar-refractivity contribution in [3.8, 4) is 0 Å². The molecule has 1 aromatic rings. The number of anilines is 1. The zero-order valence-electron chi connectivity index (χ0n) is 9.16. The Morgan fingerprint density at radius 3 is 2.50 bits per heavy atom. The smallest absolute Gasteiger partial charge is 0.330 e. The molecule has 8 heteroatoms. The molecule has 102 valence electrons. The number of amides is 1. The molecule has 0 bridgehead atoms. The van der Waals surface area contributed by atoms with Gasteiger partial charge >= 0.3 is 5.51 Å². The number of nitrogens with two attached hydrogens (primary N) is 1. The Bertz CT molecular complexity index is 401. The third kappa shape index (κ3) is 6.13. The number of benzene rings is 1. The number of para-hydroxylation sites is 1. The van der Waals surface area contributed by atoms with E-state index in [4.69, 9.17) is 5.73 Å². The number of hydrogen-bond donors (Lipinski definition) is 2. The van der Waals surface area contributed by atoms with E-state index in [-0.39, 0.29) is 47.7 Å². The number of halogens is 4. The average Bonchev–Trinajstić information content (AvgIpc) is 2.19. The molecule has 0 aromatic heterocycles. The van der Waals surface area contributed by atoms with Crippen molar-refractivity contribution in [1.29, 1.82) is 0 Å². The van der Waals surface area contributed by atoms with Crippen molar-refractivity contribution < 1.29 is 18.0 Å². The minimum absolute atomic E-state index is 0. The minimum Gasteiger partial charge on any atom is -0.330 e. The molecule has 3 N–H and O–H groups in total. The van der Waals surface area contributed by atoms with Gasteiger partial charge in [-0.15, -0.1) is 12.4 Å². The van der Waals surface area contributed by atoms with Gasteiger partial charge in [-0.05, 0) is 23.9 Å². The van der Waals surface area contributed by atoms with Crippen LogP contribution in [-0.2, 0) is 4.79 Å². The van der Waals surface area contributed by atoms with E-state index in [0.29, 0.717) is 0 Å². The first-order chi connectivity index (χ1) is 7.92. The lowest BCUT2D eigenvalue weighted by Crippen LogP contribution is -2.16. The lowest BCUT2D eigenvalue weighted by molar-refractivity contribution is -0.116. The van der Waals surface area contributed by atoms with Gasteiger partial charge in [-0.2, -0.15) is 13.2 Å². The van der Waals surface area contributed by atoms with Gasteiger partial charge in [-0.3, -0.25) is 4.79 Å². The molecule has 0 aliphatic heterocycles. The van der Waals surface area contributed by atoms with Gasteiger partial charge in [0.25, 0.3) is 0 Å². The van der Waals surface area contributed by atoms with Gasteiger partial charge in [0.15, 0.2) is 0 Å². The lowest BCUT2D eigenvalue weighted by atomic mass is 10.3. The molecule has 18 heavy (non-hydrogen) atoms. The number of carbonyl (C=O) groups is 1. The van der Waals surface area contributed by atoms with E-state index in [2.05, 4.69) is 5.32 Å². The summed E-state index contributed by atoms with van der Waals surface area (Å²) < 4.78 is 36.7. The van der Waals surface area contributed by atoms with Gasteiger partial charge in [-0.1, -0.05) is 12.1 Å². The fourth-order valence-electron chi connectivity index (χ4n) is 1.13. The highest BCUT2D eigenvalue weighted by Crippen LogP contribution is 2.40. The first-order valence-corrected chi connectivity index (χ1v) is 5.58. The highest BCUT2D eigenvalue weighted by Gasteiger charge is 2.30. The van der Waals surface area contributed by atoms with Crippen LogP contribution in [0.1, 0.15) is 6.42 Å². The maximum atomic E-state index is 12.2. The van der Waals surface area contributed by atoms with E-state index in [1.807, 2.05) is 0 Å². The van der Waals surface area contributed by atoms with E-state index in [1.165, 1.54) is 18.2 Å². The van der Waals surface area contributed by atoms with Crippen LogP contribution < -0.4 is 11.1 Å². The monoisotopic (exact) mass is 300 g/mol. The number of rotatable bonds is 4. The fraction of sp³-hybridized carbons (Fsp3) is 0.300. The topological polar surface area (TPSA) is 55.1 Å². The standard InChI is InChI=1S/C10H11F3N2OS.ClH/c11-10(12,13)17-8-4-2-1-3-7(8)15-9(16)5-6-14;/h1-4H,5-6,14H2,(H,15,16);1H. The van der Waals surface area contributed by atoms with Crippen LogP contribution in [0.25, 0.3) is 0 Å². The molecular weight excluding hydrogens is 289 g/mol. The third-order valence-electron chi connectivity index (χ3n) is 1.76. The van der Waals surface area contributed by atoms with Crippen LogP contribution in [0.15, 0.2) is 29.2 Å². The molecule has 0 radical (unpaired) electrons. The summed E-state index contributed by atoms with van der Waals surface area (Å²) in [4.78, 5) is 11.2. The van der Waals surface area contributed by atoms with Crippen LogP contribution in [0, 0.1) is 0 Å². The van der Waals surface area contributed by atoms with Crippen molar-refractivity contribution in [3.63, 3.8) is 0 Å². The molecule has 0 saturated carbocycles. The largest absolute Gasteiger partial charge is 0.446 e. The first kappa shape index (κ1) is 17.1. The Hall–Kier alpha value is -0.920. The lowest BCUT2D eigenvalue weighted by Gasteiger charge is -2.11. The summed E-state index contributed by atoms with van der Waals surface area (Å²) >= 11 is -0.259. The fourth-order valence-corrected chi connectivity index (χ4v) is 1.75. The number of nitrogens with one attached hydrogen (secondary N) is 1. The summed E-state index contributed by atoms with van der Waals surface area (Å²) in [5.74, 6) is -0.400. The van der Waals surface area contributed by atoms with Crippen molar-refractivity contribution >= 4 is 35.8 Å². The normalized spacial score (nSPS) is 10.7. The van der Waals surface area contributed by atoms with E-state index >= 15 is 0 Å². The van der Waals surface area contributed by atoms with Gasteiger partial charge in [0.2, 0.25) is 5.91 Å². The highest BCUT2D eigenvalue weighted by molar-refractivity contribution is 8.00. The molecule has 0 fully saturated rings. The predicted octanol–water partition coefficient (Wildman–Crippen LogP) is 3.01. The van der Waals surface area contributed by atoms with Gasteiger partial charge in [0.1, 0.15) is 0 Å². The number of thioether (sulfide) groups is 1. The van der Waals surface area contributed by atoms with Crippen LogP contribution >= 0.6 is 24.2 Å². The second-order valence-corrected chi connectivity index (χ2v) is 4.24. The van der Waals surface area contributed by atoms with E-state index in [0.717, 1.165) is 0 Å². The van der Waals surface area contributed by atoms with Gasteiger partial charge in [-0.25, -0.2) is 0 Å². The molecule has 1 rings (SSSR count). The summed E-state index contributed by atoms with van der Waals surface area (Å²) in [5.41, 5.74) is 0.943. The summed E-state index contributed by atoms with van der Waals surface area (Å²) in [6, 6.07) is 5.75. The summed E-state index contributed by atoms with van der Waals surface area (Å²) in [5, 5.41) is 2.39. The molecule has 0 saturated heterocycles. The average molecular weight is 301 g/mol. The molecule has 0 atom stereocenters. The van der Waals surface area contributed by atoms with Gasteiger partial charge in [0, 0.05) is 17.9 Å².